The molecule has 2 aliphatic carbocycles. The Bertz CT molecular complexity index is 239. The van der Waals surface area contributed by atoms with E-state index in [0.29, 0.717) is 17.6 Å². The highest BCUT2D eigenvalue weighted by molar-refractivity contribution is 5.87. The summed E-state index contributed by atoms with van der Waals surface area (Å²) in [5, 5.41) is 0. The Hall–Kier alpha value is -0.590. The summed E-state index contributed by atoms with van der Waals surface area (Å²) >= 11 is 0. The van der Waals surface area contributed by atoms with Gasteiger partial charge in [-0.2, -0.15) is 0 Å². The van der Waals surface area contributed by atoms with E-state index in [-0.39, 0.29) is 5.41 Å². The van der Waals surface area contributed by atoms with E-state index in [2.05, 4.69) is 20.4 Å². The third-order valence-corrected chi connectivity index (χ3v) is 3.58. The molecule has 60 valence electrons. The topological polar surface area (TPSA) is 17.1 Å². The van der Waals surface area contributed by atoms with Crippen molar-refractivity contribution in [3.8, 4) is 0 Å². The zero-order valence-electron chi connectivity index (χ0n) is 7.18. The largest absolute Gasteiger partial charge is 0.299 e. The van der Waals surface area contributed by atoms with Crippen LogP contribution >= 0.6 is 0 Å². The van der Waals surface area contributed by atoms with Crippen LogP contribution in [0, 0.1) is 17.3 Å². The molecule has 3 atom stereocenters. The molecule has 2 saturated carbocycles. The lowest BCUT2D eigenvalue weighted by Gasteiger charge is -2.08. The summed E-state index contributed by atoms with van der Waals surface area (Å²) in [7, 11) is 0. The minimum atomic E-state index is 0.260. The quantitative estimate of drug-likeness (QED) is 0.523. The second-order valence-corrected chi connectivity index (χ2v) is 4.18. The molecule has 0 radical (unpaired) electrons. The SMILES string of the molecule is C=C(C)[C@]12CC(=O)[C@@H](C)[C@H]1C2. The molecule has 0 heterocycles. The molecule has 2 rings (SSSR count). The van der Waals surface area contributed by atoms with Crippen molar-refractivity contribution in [1.29, 1.82) is 0 Å². The molecule has 2 aliphatic rings. The minimum Gasteiger partial charge on any atom is -0.299 e. The van der Waals surface area contributed by atoms with Crippen LogP contribution in [0.5, 0.6) is 0 Å². The van der Waals surface area contributed by atoms with E-state index >= 15 is 0 Å². The van der Waals surface area contributed by atoms with E-state index in [9.17, 15) is 4.79 Å². The molecule has 1 heteroatoms. The Kier molecular flexibility index (Phi) is 1.14. The molecule has 0 aliphatic heterocycles. The molecular formula is C10H14O. The van der Waals surface area contributed by atoms with Gasteiger partial charge in [0.05, 0.1) is 0 Å². The summed E-state index contributed by atoms with van der Waals surface area (Å²) in [4.78, 5) is 11.3. The first-order chi connectivity index (χ1) is 5.08. The van der Waals surface area contributed by atoms with Gasteiger partial charge < -0.3 is 0 Å². The molecule has 11 heavy (non-hydrogen) atoms. The lowest BCUT2D eigenvalue weighted by atomic mass is 9.96. The van der Waals surface area contributed by atoms with Crippen LogP contribution in [0.15, 0.2) is 12.2 Å². The molecule has 0 aromatic rings. The molecule has 0 aromatic carbocycles. The smallest absolute Gasteiger partial charge is 0.136 e. The standard InChI is InChI=1S/C10H14O/c1-6(2)10-4-8(10)7(3)9(11)5-10/h7-8H,1,4-5H2,2-3H3/t7-,8+,10-/m0/s1. The molecule has 0 amide bonds. The fourth-order valence-electron chi connectivity index (χ4n) is 2.53. The van der Waals surface area contributed by atoms with Gasteiger partial charge in [0, 0.05) is 17.8 Å². The zero-order chi connectivity index (χ0) is 8.22. The first kappa shape index (κ1) is 7.08. The maximum atomic E-state index is 11.3. The van der Waals surface area contributed by atoms with Gasteiger partial charge in [-0.15, -0.1) is 0 Å². The lowest BCUT2D eigenvalue weighted by Crippen LogP contribution is -2.06. The van der Waals surface area contributed by atoms with Crippen LogP contribution in [-0.2, 0) is 4.79 Å². The van der Waals surface area contributed by atoms with Gasteiger partial charge in [0.25, 0.3) is 0 Å². The van der Waals surface area contributed by atoms with Gasteiger partial charge in [0.2, 0.25) is 0 Å². The second-order valence-electron chi connectivity index (χ2n) is 4.18. The summed E-state index contributed by atoms with van der Waals surface area (Å²) in [6.07, 6.45) is 1.99. The third-order valence-electron chi connectivity index (χ3n) is 3.58. The Morgan fingerprint density at radius 1 is 1.73 bits per heavy atom. The lowest BCUT2D eigenvalue weighted by molar-refractivity contribution is -0.121. The minimum absolute atomic E-state index is 0.260. The van der Waals surface area contributed by atoms with E-state index in [1.54, 1.807) is 0 Å². The average Bonchev–Trinajstić information content (AvgIpc) is 2.57. The molecule has 2 fully saturated rings. The van der Waals surface area contributed by atoms with Gasteiger partial charge in [-0.05, 0) is 19.3 Å². The van der Waals surface area contributed by atoms with Crippen molar-refractivity contribution in [3.05, 3.63) is 12.2 Å². The summed E-state index contributed by atoms with van der Waals surface area (Å²) in [5.41, 5.74) is 1.48. The highest BCUT2D eigenvalue weighted by Gasteiger charge is 2.63. The number of hydrogen-bond acceptors (Lipinski definition) is 1. The van der Waals surface area contributed by atoms with Gasteiger partial charge in [0.1, 0.15) is 5.78 Å². The van der Waals surface area contributed by atoms with Gasteiger partial charge in [-0.25, -0.2) is 0 Å². The molecule has 0 bridgehead atoms. The van der Waals surface area contributed by atoms with Crippen LogP contribution in [0.25, 0.3) is 0 Å². The Morgan fingerprint density at radius 2 is 2.36 bits per heavy atom. The van der Waals surface area contributed by atoms with Crippen LogP contribution in [0.2, 0.25) is 0 Å². The van der Waals surface area contributed by atoms with Crippen molar-refractivity contribution in [2.24, 2.45) is 17.3 Å². The average molecular weight is 150 g/mol. The molecule has 0 saturated heterocycles. The normalized spacial score (nSPS) is 47.3. The van der Waals surface area contributed by atoms with Crippen LogP contribution in [-0.4, -0.2) is 5.78 Å². The monoisotopic (exact) mass is 150 g/mol. The fraction of sp³-hybridized carbons (Fsp3) is 0.700. The number of hydrogen-bond donors (Lipinski definition) is 0. The molecule has 1 nitrogen and oxygen atoms in total. The first-order valence-corrected chi connectivity index (χ1v) is 4.26. The van der Waals surface area contributed by atoms with E-state index < -0.39 is 0 Å². The van der Waals surface area contributed by atoms with Gasteiger partial charge in [-0.1, -0.05) is 19.1 Å². The van der Waals surface area contributed by atoms with Crippen molar-refractivity contribution >= 4 is 5.78 Å². The predicted molar refractivity (Wildman–Crippen MR) is 44.1 cm³/mol. The number of allylic oxidation sites excluding steroid dienone is 1. The highest BCUT2D eigenvalue weighted by Crippen LogP contribution is 2.67. The molecule has 0 spiro atoms. The maximum absolute atomic E-state index is 11.3. The summed E-state index contributed by atoms with van der Waals surface area (Å²) < 4.78 is 0. The van der Waals surface area contributed by atoms with E-state index in [0.717, 1.165) is 6.42 Å². The van der Waals surface area contributed by atoms with Gasteiger partial charge >= 0.3 is 0 Å². The van der Waals surface area contributed by atoms with Crippen LogP contribution in [0.1, 0.15) is 26.7 Å². The van der Waals surface area contributed by atoms with E-state index in [4.69, 9.17) is 0 Å². The molecule has 0 aromatic heterocycles. The molecule has 0 N–H and O–H groups in total. The summed E-state index contributed by atoms with van der Waals surface area (Å²) in [5.74, 6) is 1.41. The summed E-state index contributed by atoms with van der Waals surface area (Å²) in [6.45, 7) is 8.09. The highest BCUT2D eigenvalue weighted by atomic mass is 16.1. The van der Waals surface area contributed by atoms with E-state index in [1.807, 2.05) is 0 Å². The van der Waals surface area contributed by atoms with Crippen molar-refractivity contribution in [2.45, 2.75) is 26.7 Å². The number of rotatable bonds is 1. The Balaban J connectivity index is 2.26. The van der Waals surface area contributed by atoms with Gasteiger partial charge in [-0.3, -0.25) is 4.79 Å². The Labute approximate surface area is 67.5 Å². The van der Waals surface area contributed by atoms with Crippen molar-refractivity contribution in [3.63, 3.8) is 0 Å². The fourth-order valence-corrected chi connectivity index (χ4v) is 2.53. The Morgan fingerprint density at radius 3 is 2.64 bits per heavy atom. The van der Waals surface area contributed by atoms with Crippen molar-refractivity contribution in [2.75, 3.05) is 0 Å². The number of carbonyl (C=O) groups excluding carboxylic acids is 1. The molecule has 0 unspecified atom stereocenters. The maximum Gasteiger partial charge on any atom is 0.136 e. The van der Waals surface area contributed by atoms with Gasteiger partial charge in [0.15, 0.2) is 0 Å². The third kappa shape index (κ3) is 0.688. The van der Waals surface area contributed by atoms with Crippen molar-refractivity contribution < 1.29 is 4.79 Å². The number of carbonyl (C=O) groups is 1. The predicted octanol–water partition coefficient (Wildman–Crippen LogP) is 2.18. The van der Waals surface area contributed by atoms with Crippen LogP contribution in [0.3, 0.4) is 0 Å². The zero-order valence-corrected chi connectivity index (χ0v) is 7.18. The first-order valence-electron chi connectivity index (χ1n) is 4.26. The summed E-state index contributed by atoms with van der Waals surface area (Å²) in [6, 6.07) is 0. The van der Waals surface area contributed by atoms with Crippen LogP contribution in [0.4, 0.5) is 0 Å². The number of fused-ring (bicyclic) bond motifs is 1. The van der Waals surface area contributed by atoms with E-state index in [1.165, 1.54) is 12.0 Å². The second kappa shape index (κ2) is 1.77. The number of Topliss-reactive ketones (excluding diaryl/α,β-unsaturated/α-hetero) is 1. The number of ketones is 1. The molecular weight excluding hydrogens is 136 g/mol. The van der Waals surface area contributed by atoms with Crippen molar-refractivity contribution in [1.82, 2.24) is 0 Å². The van der Waals surface area contributed by atoms with Crippen LogP contribution < -0.4 is 0 Å².